The minimum Gasteiger partial charge on any atom is -0.352 e. The molecule has 7 nitrogen and oxygen atoms in total. The van der Waals surface area contributed by atoms with Crippen molar-refractivity contribution in [3.8, 4) is 0 Å². The average Bonchev–Trinajstić information content (AvgIpc) is 2.61. The quantitative estimate of drug-likeness (QED) is 0.190. The number of amides is 2. The molecule has 1 aromatic carbocycles. The number of halogens is 1. The standard InChI is InChI=1S/C20H33N5O2.HI/c1-6-7-12-22-18(27)16-10-8-15(9-11-16)13-23-19(21-5)24-14-17(26)25-20(2,3)4;/h8-11H,6-7,12-14H2,1-5H3,(H,22,27)(H,25,26)(H2,21,23,24);1H. The molecule has 158 valence electrons. The van der Waals surface area contributed by atoms with Gasteiger partial charge in [-0.3, -0.25) is 14.6 Å². The van der Waals surface area contributed by atoms with Gasteiger partial charge in [-0.1, -0.05) is 25.5 Å². The summed E-state index contributed by atoms with van der Waals surface area (Å²) in [7, 11) is 1.65. The monoisotopic (exact) mass is 503 g/mol. The Bertz CT molecular complexity index is 639. The van der Waals surface area contributed by atoms with Crippen LogP contribution in [0.15, 0.2) is 29.3 Å². The van der Waals surface area contributed by atoms with E-state index < -0.39 is 0 Å². The van der Waals surface area contributed by atoms with E-state index in [-0.39, 0.29) is 47.9 Å². The molecule has 0 aliphatic carbocycles. The molecule has 0 fully saturated rings. The van der Waals surface area contributed by atoms with Gasteiger partial charge in [0.2, 0.25) is 5.91 Å². The highest BCUT2D eigenvalue weighted by Crippen LogP contribution is 2.04. The van der Waals surface area contributed by atoms with Gasteiger partial charge in [-0.25, -0.2) is 0 Å². The van der Waals surface area contributed by atoms with Crippen molar-refractivity contribution in [1.82, 2.24) is 21.3 Å². The normalized spacial score (nSPS) is 11.2. The molecule has 4 N–H and O–H groups in total. The Morgan fingerprint density at radius 1 is 1.04 bits per heavy atom. The minimum atomic E-state index is -0.264. The molecule has 8 heteroatoms. The maximum absolute atomic E-state index is 12.0. The highest BCUT2D eigenvalue weighted by Gasteiger charge is 2.13. The summed E-state index contributed by atoms with van der Waals surface area (Å²) in [6.45, 7) is 9.28. The fourth-order valence-corrected chi connectivity index (χ4v) is 2.29. The second-order valence-corrected chi connectivity index (χ2v) is 7.38. The lowest BCUT2D eigenvalue weighted by molar-refractivity contribution is -0.121. The highest BCUT2D eigenvalue weighted by atomic mass is 127. The molecule has 1 rings (SSSR count). The van der Waals surface area contributed by atoms with Crippen LogP contribution in [-0.2, 0) is 11.3 Å². The maximum Gasteiger partial charge on any atom is 0.251 e. The zero-order valence-corrected chi connectivity index (χ0v) is 19.8. The molecule has 0 saturated carbocycles. The van der Waals surface area contributed by atoms with Crippen LogP contribution >= 0.6 is 24.0 Å². The van der Waals surface area contributed by atoms with Crippen molar-refractivity contribution in [3.63, 3.8) is 0 Å². The van der Waals surface area contributed by atoms with E-state index in [2.05, 4.69) is 33.2 Å². The van der Waals surface area contributed by atoms with Gasteiger partial charge in [0.15, 0.2) is 5.96 Å². The van der Waals surface area contributed by atoms with Gasteiger partial charge in [0.25, 0.3) is 5.91 Å². The molecule has 0 atom stereocenters. The van der Waals surface area contributed by atoms with E-state index in [1.807, 2.05) is 45.0 Å². The van der Waals surface area contributed by atoms with Crippen molar-refractivity contribution < 1.29 is 9.59 Å². The second kappa shape index (κ2) is 13.4. The molecule has 0 bridgehead atoms. The van der Waals surface area contributed by atoms with Crippen LogP contribution in [0.2, 0.25) is 0 Å². The molecular weight excluding hydrogens is 469 g/mol. The predicted molar refractivity (Wildman–Crippen MR) is 125 cm³/mol. The lowest BCUT2D eigenvalue weighted by atomic mass is 10.1. The second-order valence-electron chi connectivity index (χ2n) is 7.38. The number of hydrogen-bond donors (Lipinski definition) is 4. The summed E-state index contributed by atoms with van der Waals surface area (Å²) in [5.74, 6) is 0.398. The number of unbranched alkanes of at least 4 members (excludes halogenated alkanes) is 1. The van der Waals surface area contributed by atoms with Gasteiger partial charge in [0.05, 0.1) is 6.54 Å². The van der Waals surface area contributed by atoms with E-state index >= 15 is 0 Å². The van der Waals surface area contributed by atoms with Crippen LogP contribution in [0.5, 0.6) is 0 Å². The first-order valence-electron chi connectivity index (χ1n) is 9.38. The summed E-state index contributed by atoms with van der Waals surface area (Å²) in [6.07, 6.45) is 2.03. The molecule has 0 aromatic heterocycles. The van der Waals surface area contributed by atoms with Crippen LogP contribution in [0.25, 0.3) is 0 Å². The zero-order valence-electron chi connectivity index (χ0n) is 17.5. The van der Waals surface area contributed by atoms with Gasteiger partial charge in [-0.2, -0.15) is 0 Å². The van der Waals surface area contributed by atoms with Crippen molar-refractivity contribution in [3.05, 3.63) is 35.4 Å². The summed E-state index contributed by atoms with van der Waals surface area (Å²) in [4.78, 5) is 28.0. The first-order chi connectivity index (χ1) is 12.7. The molecule has 0 aliphatic heterocycles. The van der Waals surface area contributed by atoms with Crippen LogP contribution in [0.3, 0.4) is 0 Å². The van der Waals surface area contributed by atoms with Crippen LogP contribution in [0.4, 0.5) is 0 Å². The number of guanidine groups is 1. The van der Waals surface area contributed by atoms with E-state index in [0.717, 1.165) is 18.4 Å². The van der Waals surface area contributed by atoms with E-state index in [0.29, 0.717) is 24.6 Å². The van der Waals surface area contributed by atoms with Gasteiger partial charge < -0.3 is 21.3 Å². The molecule has 2 amide bonds. The van der Waals surface area contributed by atoms with Gasteiger partial charge in [-0.05, 0) is 44.9 Å². The van der Waals surface area contributed by atoms with Crippen molar-refractivity contribution in [2.45, 2.75) is 52.6 Å². The summed E-state index contributed by atoms with van der Waals surface area (Å²) in [5.41, 5.74) is 1.40. The fraction of sp³-hybridized carbons (Fsp3) is 0.550. The Labute approximate surface area is 185 Å². The minimum absolute atomic E-state index is 0. The highest BCUT2D eigenvalue weighted by molar-refractivity contribution is 14.0. The molecule has 0 unspecified atom stereocenters. The Balaban J connectivity index is 0.00000729. The van der Waals surface area contributed by atoms with Crippen molar-refractivity contribution in [2.75, 3.05) is 20.1 Å². The smallest absolute Gasteiger partial charge is 0.251 e. The molecule has 0 saturated heterocycles. The first kappa shape index (κ1) is 26.2. The number of hydrogen-bond acceptors (Lipinski definition) is 3. The molecule has 28 heavy (non-hydrogen) atoms. The van der Waals surface area contributed by atoms with Crippen molar-refractivity contribution in [2.24, 2.45) is 4.99 Å². The Morgan fingerprint density at radius 3 is 2.21 bits per heavy atom. The SMILES string of the molecule is CCCCNC(=O)c1ccc(CNC(=NC)NCC(=O)NC(C)(C)C)cc1.I. The first-order valence-corrected chi connectivity index (χ1v) is 9.38. The van der Waals surface area contributed by atoms with Gasteiger partial charge in [0, 0.05) is 31.2 Å². The van der Waals surface area contributed by atoms with E-state index in [9.17, 15) is 9.59 Å². The Morgan fingerprint density at radius 2 is 1.68 bits per heavy atom. The van der Waals surface area contributed by atoms with Gasteiger partial charge >= 0.3 is 0 Å². The van der Waals surface area contributed by atoms with E-state index in [1.165, 1.54) is 0 Å². The molecule has 0 spiro atoms. The molecular formula is C20H34IN5O2. The third-order valence-corrected chi connectivity index (χ3v) is 3.65. The number of nitrogens with zero attached hydrogens (tertiary/aromatic N) is 1. The number of carbonyl (C=O) groups is 2. The van der Waals surface area contributed by atoms with Crippen LogP contribution in [-0.4, -0.2) is 43.5 Å². The lowest BCUT2D eigenvalue weighted by Gasteiger charge is -2.21. The Hall–Kier alpha value is -1.84. The van der Waals surface area contributed by atoms with Crippen molar-refractivity contribution in [1.29, 1.82) is 0 Å². The summed E-state index contributed by atoms with van der Waals surface area (Å²) in [5, 5.41) is 11.9. The summed E-state index contributed by atoms with van der Waals surface area (Å²) < 4.78 is 0. The number of nitrogens with one attached hydrogen (secondary N) is 4. The lowest BCUT2D eigenvalue weighted by Crippen LogP contribution is -2.48. The third kappa shape index (κ3) is 11.1. The number of rotatable bonds is 8. The maximum atomic E-state index is 12.0. The number of benzene rings is 1. The van der Waals surface area contributed by atoms with Crippen LogP contribution < -0.4 is 21.3 Å². The Kier molecular flexibility index (Phi) is 12.5. The number of carbonyl (C=O) groups excluding carboxylic acids is 2. The largest absolute Gasteiger partial charge is 0.352 e. The van der Waals surface area contributed by atoms with Crippen LogP contribution in [0.1, 0.15) is 56.5 Å². The average molecular weight is 503 g/mol. The van der Waals surface area contributed by atoms with Crippen LogP contribution in [0, 0.1) is 0 Å². The molecule has 1 aromatic rings. The summed E-state index contributed by atoms with van der Waals surface area (Å²) >= 11 is 0. The molecule has 0 aliphatic rings. The third-order valence-electron chi connectivity index (χ3n) is 3.65. The molecule has 0 heterocycles. The van der Waals surface area contributed by atoms with E-state index in [1.54, 1.807) is 7.05 Å². The van der Waals surface area contributed by atoms with Crippen molar-refractivity contribution >= 4 is 41.8 Å². The molecule has 0 radical (unpaired) electrons. The van der Waals surface area contributed by atoms with Gasteiger partial charge in [0.1, 0.15) is 0 Å². The topological polar surface area (TPSA) is 94.6 Å². The fourth-order valence-electron chi connectivity index (χ4n) is 2.29. The van der Waals surface area contributed by atoms with Gasteiger partial charge in [-0.15, -0.1) is 24.0 Å². The number of aliphatic imine (C=N–C) groups is 1. The van der Waals surface area contributed by atoms with E-state index in [4.69, 9.17) is 0 Å². The summed E-state index contributed by atoms with van der Waals surface area (Å²) in [6, 6.07) is 7.43. The zero-order chi connectivity index (χ0) is 20.3. The predicted octanol–water partition coefficient (Wildman–Crippen LogP) is 2.41.